The van der Waals surface area contributed by atoms with Gasteiger partial charge in [0.2, 0.25) is 0 Å². The summed E-state index contributed by atoms with van der Waals surface area (Å²) < 4.78 is 72.9. The highest BCUT2D eigenvalue weighted by Crippen LogP contribution is 2.35. The van der Waals surface area contributed by atoms with E-state index in [-0.39, 0.29) is 0 Å². The third-order valence-corrected chi connectivity index (χ3v) is 6.77. The molecule has 33 heavy (non-hydrogen) atoms. The van der Waals surface area contributed by atoms with E-state index in [2.05, 4.69) is 11.7 Å². The average Bonchev–Trinajstić information content (AvgIpc) is 2.80. The van der Waals surface area contributed by atoms with Gasteiger partial charge in [-0.3, -0.25) is 0 Å². The molecule has 0 heterocycles. The molecule has 1 fully saturated rings. The fourth-order valence-corrected chi connectivity index (χ4v) is 4.70. The molecule has 0 spiro atoms. The first-order chi connectivity index (χ1) is 15.8. The molecule has 6 heteroatoms. The number of halogens is 5. The van der Waals surface area contributed by atoms with Crippen molar-refractivity contribution in [3.8, 4) is 5.75 Å². The Hall–Kier alpha value is -2.11. The minimum absolute atomic E-state index is 0.403. The van der Waals surface area contributed by atoms with Gasteiger partial charge >= 0.3 is 6.11 Å². The van der Waals surface area contributed by atoms with Gasteiger partial charge < -0.3 is 4.74 Å². The first kappa shape index (κ1) is 25.5. The summed E-state index contributed by atoms with van der Waals surface area (Å²) in [6, 6.07) is 6.61. The van der Waals surface area contributed by atoms with E-state index in [1.165, 1.54) is 69.9 Å². The van der Waals surface area contributed by atoms with Gasteiger partial charge in [-0.15, -0.1) is 0 Å². The highest BCUT2D eigenvalue weighted by atomic mass is 19.3. The second-order valence-corrected chi connectivity index (χ2v) is 9.29. The Morgan fingerprint density at radius 1 is 0.818 bits per heavy atom. The number of ether oxygens (including phenoxy) is 1. The minimum atomic E-state index is -3.80. The van der Waals surface area contributed by atoms with Crippen molar-refractivity contribution in [3.05, 3.63) is 65.0 Å². The third-order valence-electron chi connectivity index (χ3n) is 6.77. The van der Waals surface area contributed by atoms with E-state index in [1.54, 1.807) is 12.1 Å². The van der Waals surface area contributed by atoms with Crippen LogP contribution in [-0.2, 0) is 12.5 Å². The standard InChI is InChI=1S/C27H33F5O/c1-2-3-4-5-6-19-7-9-20(10-8-19)11-12-21-13-15-22(16-14-21)27(31,32)33-23-17-24(28)26(30)25(29)18-23/h13-20H,2-12H2,1H3. The van der Waals surface area contributed by atoms with Crippen LogP contribution in [0.25, 0.3) is 0 Å². The maximum Gasteiger partial charge on any atom is 0.426 e. The predicted octanol–water partition coefficient (Wildman–Crippen LogP) is 8.94. The fraction of sp³-hybridized carbons (Fsp3) is 0.556. The van der Waals surface area contributed by atoms with Crippen molar-refractivity contribution in [3.63, 3.8) is 0 Å². The van der Waals surface area contributed by atoms with Crippen LogP contribution < -0.4 is 4.74 Å². The second-order valence-electron chi connectivity index (χ2n) is 9.29. The van der Waals surface area contributed by atoms with Gasteiger partial charge in [0.25, 0.3) is 0 Å². The van der Waals surface area contributed by atoms with Crippen LogP contribution in [0.15, 0.2) is 36.4 Å². The summed E-state index contributed by atoms with van der Waals surface area (Å²) >= 11 is 0. The van der Waals surface area contributed by atoms with Crippen molar-refractivity contribution >= 4 is 0 Å². The normalized spacial score (nSPS) is 19.0. The van der Waals surface area contributed by atoms with Crippen molar-refractivity contribution in [2.75, 3.05) is 0 Å². The summed E-state index contributed by atoms with van der Waals surface area (Å²) in [5.41, 5.74) is 0.537. The summed E-state index contributed by atoms with van der Waals surface area (Å²) in [6.07, 6.45) is 9.78. The SMILES string of the molecule is CCCCCCC1CCC(CCc2ccc(C(F)(F)Oc3cc(F)c(F)c(F)c3)cc2)CC1. The lowest BCUT2D eigenvalue weighted by atomic mass is 9.77. The molecule has 1 aliphatic rings. The highest BCUT2D eigenvalue weighted by Gasteiger charge is 2.35. The van der Waals surface area contributed by atoms with Crippen LogP contribution in [0.5, 0.6) is 5.75 Å². The van der Waals surface area contributed by atoms with E-state index in [0.717, 1.165) is 24.3 Å². The lowest BCUT2D eigenvalue weighted by Crippen LogP contribution is -2.22. The van der Waals surface area contributed by atoms with Crippen molar-refractivity contribution in [1.29, 1.82) is 0 Å². The monoisotopic (exact) mass is 468 g/mol. The smallest absolute Gasteiger partial charge is 0.426 e. The molecule has 0 saturated heterocycles. The molecule has 1 nitrogen and oxygen atoms in total. The zero-order valence-corrected chi connectivity index (χ0v) is 19.2. The van der Waals surface area contributed by atoms with Crippen LogP contribution in [0, 0.1) is 29.3 Å². The van der Waals surface area contributed by atoms with Crippen molar-refractivity contribution in [2.45, 2.75) is 83.7 Å². The van der Waals surface area contributed by atoms with Gasteiger partial charge in [0, 0.05) is 12.1 Å². The Labute approximate surface area is 193 Å². The molecule has 2 aromatic rings. The number of alkyl halides is 2. The summed E-state index contributed by atoms with van der Waals surface area (Å²) in [7, 11) is 0. The second kappa shape index (κ2) is 11.8. The molecule has 0 aliphatic heterocycles. The largest absolute Gasteiger partial charge is 0.429 e. The van der Waals surface area contributed by atoms with E-state index in [0.29, 0.717) is 18.1 Å². The van der Waals surface area contributed by atoms with E-state index in [9.17, 15) is 22.0 Å². The number of unbranched alkanes of at least 4 members (excludes halogenated alkanes) is 3. The number of benzene rings is 2. The molecule has 1 saturated carbocycles. The Morgan fingerprint density at radius 3 is 1.97 bits per heavy atom. The van der Waals surface area contributed by atoms with E-state index >= 15 is 0 Å². The number of rotatable bonds is 11. The molecule has 0 amide bonds. The van der Waals surface area contributed by atoms with E-state index in [1.807, 2.05) is 0 Å². The van der Waals surface area contributed by atoms with Gasteiger partial charge in [0.15, 0.2) is 17.5 Å². The molecule has 0 radical (unpaired) electrons. The average molecular weight is 469 g/mol. The van der Waals surface area contributed by atoms with Gasteiger partial charge in [-0.2, -0.15) is 8.78 Å². The summed E-state index contributed by atoms with van der Waals surface area (Å²) in [5.74, 6) is -4.12. The summed E-state index contributed by atoms with van der Waals surface area (Å²) in [4.78, 5) is 0. The number of aryl methyl sites for hydroxylation is 1. The molecule has 0 N–H and O–H groups in total. The van der Waals surface area contributed by atoms with Crippen LogP contribution >= 0.6 is 0 Å². The number of hydrogen-bond donors (Lipinski definition) is 0. The fourth-order valence-electron chi connectivity index (χ4n) is 4.70. The van der Waals surface area contributed by atoms with Gasteiger partial charge in [0.05, 0.1) is 5.56 Å². The zero-order chi connectivity index (χ0) is 23.8. The van der Waals surface area contributed by atoms with Crippen LogP contribution in [0.4, 0.5) is 22.0 Å². The maximum atomic E-state index is 14.4. The van der Waals surface area contributed by atoms with E-state index in [4.69, 9.17) is 0 Å². The molecule has 1 aliphatic carbocycles. The molecule has 0 bridgehead atoms. The first-order valence-corrected chi connectivity index (χ1v) is 12.1. The summed E-state index contributed by atoms with van der Waals surface area (Å²) in [5, 5.41) is 0. The van der Waals surface area contributed by atoms with Crippen molar-refractivity contribution < 1.29 is 26.7 Å². The van der Waals surface area contributed by atoms with Crippen LogP contribution in [-0.4, -0.2) is 0 Å². The molecule has 182 valence electrons. The molecule has 0 aromatic heterocycles. The van der Waals surface area contributed by atoms with Crippen LogP contribution in [0.1, 0.15) is 82.3 Å². The predicted molar refractivity (Wildman–Crippen MR) is 120 cm³/mol. The third kappa shape index (κ3) is 7.44. The Balaban J connectivity index is 1.46. The Morgan fingerprint density at radius 2 is 1.39 bits per heavy atom. The molecular formula is C27H33F5O. The molecule has 0 atom stereocenters. The zero-order valence-electron chi connectivity index (χ0n) is 19.2. The van der Waals surface area contributed by atoms with Crippen LogP contribution in [0.2, 0.25) is 0 Å². The van der Waals surface area contributed by atoms with Gasteiger partial charge in [-0.25, -0.2) is 13.2 Å². The Kier molecular flexibility index (Phi) is 9.16. The van der Waals surface area contributed by atoms with Gasteiger partial charge in [0.1, 0.15) is 5.75 Å². The Bertz CT molecular complexity index is 850. The van der Waals surface area contributed by atoms with E-state index < -0.39 is 34.9 Å². The molecule has 2 aromatic carbocycles. The minimum Gasteiger partial charge on any atom is -0.429 e. The van der Waals surface area contributed by atoms with Crippen LogP contribution in [0.3, 0.4) is 0 Å². The molecule has 3 rings (SSSR count). The van der Waals surface area contributed by atoms with Gasteiger partial charge in [-0.05, 0) is 42.4 Å². The quantitative estimate of drug-likeness (QED) is 0.182. The highest BCUT2D eigenvalue weighted by molar-refractivity contribution is 5.29. The lowest BCUT2D eigenvalue weighted by molar-refractivity contribution is -0.185. The summed E-state index contributed by atoms with van der Waals surface area (Å²) in [6.45, 7) is 2.23. The number of hydrogen-bond acceptors (Lipinski definition) is 1. The topological polar surface area (TPSA) is 9.23 Å². The van der Waals surface area contributed by atoms with Gasteiger partial charge in [-0.1, -0.05) is 76.8 Å². The van der Waals surface area contributed by atoms with Crippen molar-refractivity contribution in [1.82, 2.24) is 0 Å². The lowest BCUT2D eigenvalue weighted by Gasteiger charge is -2.28. The maximum absolute atomic E-state index is 14.4. The molecular weight excluding hydrogens is 435 g/mol. The van der Waals surface area contributed by atoms with Crippen molar-refractivity contribution in [2.24, 2.45) is 11.8 Å². The molecule has 0 unspecified atom stereocenters. The first-order valence-electron chi connectivity index (χ1n) is 12.1.